The topological polar surface area (TPSA) is 58.4 Å². The Morgan fingerprint density at radius 3 is 2.35 bits per heavy atom. The fourth-order valence-electron chi connectivity index (χ4n) is 2.88. The molecule has 132 valence electrons. The van der Waals surface area contributed by atoms with E-state index in [1.54, 1.807) is 0 Å². The van der Waals surface area contributed by atoms with Crippen molar-refractivity contribution < 1.29 is 4.79 Å². The van der Waals surface area contributed by atoms with Gasteiger partial charge in [0.05, 0.1) is 5.54 Å². The third kappa shape index (κ3) is 5.87. The summed E-state index contributed by atoms with van der Waals surface area (Å²) in [4.78, 5) is 14.5. The Kier molecular flexibility index (Phi) is 9.59. The van der Waals surface area contributed by atoms with E-state index in [0.717, 1.165) is 31.4 Å². The summed E-state index contributed by atoms with van der Waals surface area (Å²) in [5.74, 6) is 0.00973. The van der Waals surface area contributed by atoms with E-state index in [1.165, 1.54) is 6.42 Å². The van der Waals surface area contributed by atoms with E-state index in [0.29, 0.717) is 6.54 Å². The number of amides is 1. The lowest BCUT2D eigenvalue weighted by Gasteiger charge is -2.33. The van der Waals surface area contributed by atoms with Crippen LogP contribution in [0.15, 0.2) is 30.3 Å². The molecular weight excluding hydrogens is 333 g/mol. The van der Waals surface area contributed by atoms with Crippen LogP contribution in [0.1, 0.15) is 39.0 Å². The normalized spacial score (nSPS) is 17.2. The molecule has 2 rings (SSSR count). The second kappa shape index (κ2) is 10.0. The minimum atomic E-state index is -0.650. The van der Waals surface area contributed by atoms with E-state index in [9.17, 15) is 4.79 Å². The maximum Gasteiger partial charge on any atom is 0.240 e. The van der Waals surface area contributed by atoms with Crippen molar-refractivity contribution >= 4 is 36.4 Å². The first-order valence-electron chi connectivity index (χ1n) is 7.88. The Bertz CT molecular complexity index is 464. The third-order valence-electron chi connectivity index (χ3n) is 4.58. The zero-order chi connectivity index (χ0) is 15.3. The SMILES string of the molecule is CC(CNC(=O)C1(N)CCCCC1)N(C)c1ccccc1.Cl.Cl. The van der Waals surface area contributed by atoms with Gasteiger partial charge in [0.25, 0.3) is 0 Å². The molecule has 1 saturated carbocycles. The Labute approximate surface area is 152 Å². The number of para-hydroxylation sites is 1. The molecule has 0 bridgehead atoms. The molecule has 23 heavy (non-hydrogen) atoms. The summed E-state index contributed by atoms with van der Waals surface area (Å²) >= 11 is 0. The number of nitrogens with zero attached hydrogens (tertiary/aromatic N) is 1. The number of rotatable bonds is 5. The van der Waals surface area contributed by atoms with Gasteiger partial charge in [-0.05, 0) is 31.9 Å². The smallest absolute Gasteiger partial charge is 0.240 e. The molecular formula is C17H29Cl2N3O. The molecule has 1 aromatic rings. The van der Waals surface area contributed by atoms with Gasteiger partial charge >= 0.3 is 0 Å². The summed E-state index contributed by atoms with van der Waals surface area (Å²) in [5, 5.41) is 3.04. The van der Waals surface area contributed by atoms with Gasteiger partial charge in [0.1, 0.15) is 0 Å². The van der Waals surface area contributed by atoms with Crippen LogP contribution < -0.4 is 16.0 Å². The Morgan fingerprint density at radius 2 is 1.78 bits per heavy atom. The molecule has 1 unspecified atom stereocenters. The number of likely N-dealkylation sites (N-methyl/N-ethyl adjacent to an activating group) is 1. The number of hydrogen-bond acceptors (Lipinski definition) is 3. The minimum absolute atomic E-state index is 0. The van der Waals surface area contributed by atoms with Gasteiger partial charge in [0.2, 0.25) is 5.91 Å². The van der Waals surface area contributed by atoms with Crippen molar-refractivity contribution in [1.82, 2.24) is 5.32 Å². The summed E-state index contributed by atoms with van der Waals surface area (Å²) in [5.41, 5.74) is 6.75. The van der Waals surface area contributed by atoms with Crippen molar-refractivity contribution in [1.29, 1.82) is 0 Å². The van der Waals surface area contributed by atoms with Crippen LogP contribution in [0.2, 0.25) is 0 Å². The van der Waals surface area contributed by atoms with Crippen LogP contribution in [-0.2, 0) is 4.79 Å². The van der Waals surface area contributed by atoms with Gasteiger partial charge in [0, 0.05) is 25.3 Å². The summed E-state index contributed by atoms with van der Waals surface area (Å²) in [7, 11) is 2.05. The first-order valence-corrected chi connectivity index (χ1v) is 7.88. The molecule has 1 aromatic carbocycles. The Morgan fingerprint density at radius 1 is 1.22 bits per heavy atom. The molecule has 0 heterocycles. The van der Waals surface area contributed by atoms with Gasteiger partial charge in [-0.15, -0.1) is 24.8 Å². The molecule has 0 radical (unpaired) electrons. The van der Waals surface area contributed by atoms with Crippen molar-refractivity contribution in [3.8, 4) is 0 Å². The third-order valence-corrected chi connectivity index (χ3v) is 4.58. The van der Waals surface area contributed by atoms with Crippen molar-refractivity contribution in [3.05, 3.63) is 30.3 Å². The van der Waals surface area contributed by atoms with Gasteiger partial charge in [-0.25, -0.2) is 0 Å². The Hall–Kier alpha value is -0.970. The number of hydrogen-bond donors (Lipinski definition) is 2. The molecule has 1 atom stereocenters. The largest absolute Gasteiger partial charge is 0.370 e. The van der Waals surface area contributed by atoms with Crippen LogP contribution in [0, 0.1) is 0 Å². The number of halogens is 2. The lowest BCUT2D eigenvalue weighted by Crippen LogP contribution is -2.56. The molecule has 6 heteroatoms. The first kappa shape index (κ1) is 22.0. The van der Waals surface area contributed by atoms with Crippen molar-refractivity contribution in [2.75, 3.05) is 18.5 Å². The standard InChI is InChI=1S/C17H27N3O.2ClH/c1-14(20(2)15-9-5-3-6-10-15)13-19-16(21)17(18)11-7-4-8-12-17;;/h3,5-6,9-10,14H,4,7-8,11-13,18H2,1-2H3,(H,19,21);2*1H. The lowest BCUT2D eigenvalue weighted by molar-refractivity contribution is -0.127. The number of carbonyl (C=O) groups is 1. The van der Waals surface area contributed by atoms with Gasteiger partial charge in [0.15, 0.2) is 0 Å². The monoisotopic (exact) mass is 361 g/mol. The van der Waals surface area contributed by atoms with E-state index in [1.807, 2.05) is 25.2 Å². The molecule has 0 spiro atoms. The van der Waals surface area contributed by atoms with E-state index in [4.69, 9.17) is 5.73 Å². The van der Waals surface area contributed by atoms with Crippen LogP contribution in [0.3, 0.4) is 0 Å². The number of carbonyl (C=O) groups excluding carboxylic acids is 1. The predicted molar refractivity (Wildman–Crippen MR) is 102 cm³/mol. The Balaban J connectivity index is 0.00000242. The minimum Gasteiger partial charge on any atom is -0.370 e. The summed E-state index contributed by atoms with van der Waals surface area (Å²) in [6, 6.07) is 10.4. The highest BCUT2D eigenvalue weighted by Crippen LogP contribution is 2.26. The molecule has 3 N–H and O–H groups in total. The maximum atomic E-state index is 12.3. The molecule has 0 saturated heterocycles. The highest BCUT2D eigenvalue weighted by Gasteiger charge is 2.35. The fraction of sp³-hybridized carbons (Fsp3) is 0.588. The van der Waals surface area contributed by atoms with E-state index in [2.05, 4.69) is 29.3 Å². The number of nitrogens with two attached hydrogens (primary N) is 1. The molecule has 1 fully saturated rings. The molecule has 1 aliphatic rings. The summed E-state index contributed by atoms with van der Waals surface area (Å²) in [6.07, 6.45) is 4.93. The van der Waals surface area contributed by atoms with Gasteiger partial charge in [-0.1, -0.05) is 37.5 Å². The van der Waals surface area contributed by atoms with Gasteiger partial charge in [-0.2, -0.15) is 0 Å². The van der Waals surface area contributed by atoms with Crippen molar-refractivity contribution in [2.24, 2.45) is 5.73 Å². The van der Waals surface area contributed by atoms with Crippen LogP contribution in [-0.4, -0.2) is 31.1 Å². The van der Waals surface area contributed by atoms with Crippen LogP contribution >= 0.6 is 24.8 Å². The highest BCUT2D eigenvalue weighted by molar-refractivity contribution is 5.86. The van der Waals surface area contributed by atoms with Gasteiger partial charge < -0.3 is 16.0 Å². The van der Waals surface area contributed by atoms with E-state index in [-0.39, 0.29) is 36.8 Å². The van der Waals surface area contributed by atoms with Crippen LogP contribution in [0.25, 0.3) is 0 Å². The highest BCUT2D eigenvalue weighted by atomic mass is 35.5. The van der Waals surface area contributed by atoms with Crippen LogP contribution in [0.4, 0.5) is 5.69 Å². The molecule has 4 nitrogen and oxygen atoms in total. The van der Waals surface area contributed by atoms with Gasteiger partial charge in [-0.3, -0.25) is 4.79 Å². The lowest BCUT2D eigenvalue weighted by atomic mass is 9.82. The molecule has 0 aromatic heterocycles. The zero-order valence-corrected chi connectivity index (χ0v) is 15.6. The summed E-state index contributed by atoms with van der Waals surface area (Å²) in [6.45, 7) is 2.72. The predicted octanol–water partition coefficient (Wildman–Crippen LogP) is 3.13. The van der Waals surface area contributed by atoms with Crippen molar-refractivity contribution in [2.45, 2.75) is 50.6 Å². The number of anilines is 1. The average Bonchev–Trinajstić information content (AvgIpc) is 2.53. The quantitative estimate of drug-likeness (QED) is 0.846. The van der Waals surface area contributed by atoms with Crippen molar-refractivity contribution in [3.63, 3.8) is 0 Å². The molecule has 1 aliphatic carbocycles. The zero-order valence-electron chi connectivity index (χ0n) is 14.0. The van der Waals surface area contributed by atoms with E-state index >= 15 is 0 Å². The fourth-order valence-corrected chi connectivity index (χ4v) is 2.88. The number of benzene rings is 1. The second-order valence-electron chi connectivity index (χ2n) is 6.22. The maximum absolute atomic E-state index is 12.3. The molecule has 0 aliphatic heterocycles. The first-order chi connectivity index (χ1) is 10.0. The van der Waals surface area contributed by atoms with Crippen LogP contribution in [0.5, 0.6) is 0 Å². The second-order valence-corrected chi connectivity index (χ2v) is 6.22. The van der Waals surface area contributed by atoms with E-state index < -0.39 is 5.54 Å². The number of nitrogens with one attached hydrogen (secondary N) is 1. The average molecular weight is 362 g/mol. The summed E-state index contributed by atoms with van der Waals surface area (Å²) < 4.78 is 0. The molecule has 1 amide bonds.